The molecule has 5 nitrogen and oxygen atoms in total. The number of likely N-dealkylation sites (N-methyl/N-ethyl adjacent to an activating group) is 1. The Hall–Kier alpha value is -1.37. The molecule has 19 heavy (non-hydrogen) atoms. The lowest BCUT2D eigenvalue weighted by Gasteiger charge is -2.19. The van der Waals surface area contributed by atoms with Gasteiger partial charge in [-0.3, -0.25) is 0 Å². The fourth-order valence-electron chi connectivity index (χ4n) is 1.68. The molecule has 0 spiro atoms. The number of benzene rings is 1. The van der Waals surface area contributed by atoms with Gasteiger partial charge < -0.3 is 10.5 Å². The zero-order valence-corrected chi connectivity index (χ0v) is 12.3. The molecule has 0 saturated heterocycles. The van der Waals surface area contributed by atoms with Crippen molar-refractivity contribution in [2.75, 3.05) is 20.7 Å². The summed E-state index contributed by atoms with van der Waals surface area (Å²) in [6.07, 6.45) is 0. The van der Waals surface area contributed by atoms with Crippen LogP contribution in [-0.2, 0) is 16.6 Å². The number of hydrogen-bond donors (Lipinski definition) is 1. The largest absolute Gasteiger partial charge is 0.495 e. The Labute approximate surface area is 114 Å². The first-order valence-electron chi connectivity index (χ1n) is 5.80. The van der Waals surface area contributed by atoms with Crippen molar-refractivity contribution in [3.8, 4) is 5.75 Å². The van der Waals surface area contributed by atoms with E-state index >= 15 is 0 Å². The van der Waals surface area contributed by atoms with Crippen molar-refractivity contribution in [3.05, 3.63) is 35.9 Å². The van der Waals surface area contributed by atoms with Crippen molar-refractivity contribution in [1.29, 1.82) is 0 Å². The second-order valence-corrected chi connectivity index (χ2v) is 6.42. The van der Waals surface area contributed by atoms with Crippen molar-refractivity contribution < 1.29 is 13.2 Å². The summed E-state index contributed by atoms with van der Waals surface area (Å²) in [7, 11) is -0.665. The lowest BCUT2D eigenvalue weighted by atomic mass is 10.2. The Morgan fingerprint density at radius 2 is 2.11 bits per heavy atom. The molecule has 6 heteroatoms. The third-order valence-corrected chi connectivity index (χ3v) is 4.47. The van der Waals surface area contributed by atoms with E-state index in [1.807, 2.05) is 0 Å². The average Bonchev–Trinajstić information content (AvgIpc) is 2.37. The van der Waals surface area contributed by atoms with Crippen LogP contribution >= 0.6 is 0 Å². The highest BCUT2D eigenvalue weighted by molar-refractivity contribution is 7.89. The molecular weight excluding hydrogens is 264 g/mol. The third-order valence-electron chi connectivity index (χ3n) is 2.64. The van der Waals surface area contributed by atoms with Crippen molar-refractivity contribution in [3.63, 3.8) is 0 Å². The number of nitrogens with two attached hydrogens (primary N) is 1. The summed E-state index contributed by atoms with van der Waals surface area (Å²) in [6.45, 7) is 6.04. The second-order valence-electron chi connectivity index (χ2n) is 4.41. The maximum absolute atomic E-state index is 12.5. The molecule has 0 radical (unpaired) electrons. The van der Waals surface area contributed by atoms with Gasteiger partial charge >= 0.3 is 0 Å². The molecule has 106 valence electrons. The van der Waals surface area contributed by atoms with Gasteiger partial charge in [0.2, 0.25) is 10.0 Å². The van der Waals surface area contributed by atoms with Crippen LogP contribution in [0.2, 0.25) is 0 Å². The second kappa shape index (κ2) is 6.18. The zero-order chi connectivity index (χ0) is 14.6. The van der Waals surface area contributed by atoms with E-state index in [1.54, 1.807) is 25.1 Å². The number of rotatable bonds is 6. The highest BCUT2D eigenvalue weighted by atomic mass is 32.2. The molecule has 0 aromatic heterocycles. The van der Waals surface area contributed by atoms with E-state index in [4.69, 9.17) is 10.5 Å². The van der Waals surface area contributed by atoms with Gasteiger partial charge in [-0.15, -0.1) is 0 Å². The molecule has 0 fully saturated rings. The van der Waals surface area contributed by atoms with E-state index in [0.29, 0.717) is 5.75 Å². The summed E-state index contributed by atoms with van der Waals surface area (Å²) in [4.78, 5) is 0.127. The molecule has 0 aliphatic heterocycles. The van der Waals surface area contributed by atoms with Gasteiger partial charge in [0, 0.05) is 20.1 Å². The number of hydrogen-bond acceptors (Lipinski definition) is 4. The number of sulfonamides is 1. The Morgan fingerprint density at radius 3 is 2.58 bits per heavy atom. The summed E-state index contributed by atoms with van der Waals surface area (Å²) >= 11 is 0. The first-order valence-corrected chi connectivity index (χ1v) is 7.24. The van der Waals surface area contributed by atoms with E-state index in [9.17, 15) is 8.42 Å². The fourth-order valence-corrected chi connectivity index (χ4v) is 3.11. The van der Waals surface area contributed by atoms with Crippen molar-refractivity contribution in [2.24, 2.45) is 5.73 Å². The summed E-state index contributed by atoms with van der Waals surface area (Å²) in [5, 5.41) is 0. The maximum Gasteiger partial charge on any atom is 0.246 e. The van der Waals surface area contributed by atoms with Gasteiger partial charge in [0.25, 0.3) is 0 Å². The summed E-state index contributed by atoms with van der Waals surface area (Å²) in [5.74, 6) is 0.311. The summed E-state index contributed by atoms with van der Waals surface area (Å²) in [6, 6.07) is 4.91. The monoisotopic (exact) mass is 284 g/mol. The van der Waals surface area contributed by atoms with Crippen molar-refractivity contribution in [2.45, 2.75) is 18.4 Å². The zero-order valence-electron chi connectivity index (χ0n) is 11.5. The molecule has 0 bridgehead atoms. The van der Waals surface area contributed by atoms with E-state index < -0.39 is 10.0 Å². The first-order chi connectivity index (χ1) is 8.82. The predicted octanol–water partition coefficient (Wildman–Crippen LogP) is 1.35. The van der Waals surface area contributed by atoms with Crippen LogP contribution in [0.25, 0.3) is 0 Å². The minimum absolute atomic E-state index is 0.127. The van der Waals surface area contributed by atoms with Crippen LogP contribution in [0.5, 0.6) is 5.75 Å². The summed E-state index contributed by atoms with van der Waals surface area (Å²) < 4.78 is 31.3. The molecule has 0 heterocycles. The average molecular weight is 284 g/mol. The van der Waals surface area contributed by atoms with Crippen LogP contribution in [0.1, 0.15) is 12.5 Å². The minimum Gasteiger partial charge on any atom is -0.495 e. The van der Waals surface area contributed by atoms with Crippen LogP contribution in [0.3, 0.4) is 0 Å². The summed E-state index contributed by atoms with van der Waals surface area (Å²) in [5.41, 5.74) is 7.05. The quantitative estimate of drug-likeness (QED) is 0.800. The lowest BCUT2D eigenvalue weighted by Crippen LogP contribution is -2.28. The molecule has 0 atom stereocenters. The van der Waals surface area contributed by atoms with Crippen LogP contribution in [0.15, 0.2) is 35.2 Å². The Balaban J connectivity index is 3.29. The molecule has 0 aliphatic carbocycles. The molecule has 0 saturated carbocycles. The maximum atomic E-state index is 12.5. The van der Waals surface area contributed by atoms with E-state index in [1.165, 1.54) is 18.5 Å². The highest BCUT2D eigenvalue weighted by Gasteiger charge is 2.24. The molecule has 0 unspecified atom stereocenters. The molecular formula is C13H20N2O3S. The van der Waals surface area contributed by atoms with Crippen LogP contribution in [0, 0.1) is 0 Å². The number of methoxy groups -OCH3 is 1. The smallest absolute Gasteiger partial charge is 0.246 e. The predicted molar refractivity (Wildman–Crippen MR) is 75.5 cm³/mol. The van der Waals surface area contributed by atoms with Crippen LogP contribution in [0.4, 0.5) is 0 Å². The number of ether oxygens (including phenoxy) is 1. The van der Waals surface area contributed by atoms with Crippen LogP contribution in [-0.4, -0.2) is 33.4 Å². The molecule has 1 aromatic carbocycles. The normalized spacial score (nSPS) is 11.6. The van der Waals surface area contributed by atoms with Gasteiger partial charge in [-0.2, -0.15) is 4.31 Å². The standard InChI is InChI=1S/C13H20N2O3S/c1-10(2)9-15(3)19(16,17)13-7-11(8-14)5-6-12(13)18-4/h5-7H,1,8-9,14H2,2-4H3. The highest BCUT2D eigenvalue weighted by Crippen LogP contribution is 2.27. The molecule has 1 rings (SSSR count). The number of nitrogens with zero attached hydrogens (tertiary/aromatic N) is 1. The van der Waals surface area contributed by atoms with Gasteiger partial charge in [0.05, 0.1) is 7.11 Å². The Morgan fingerprint density at radius 1 is 1.47 bits per heavy atom. The van der Waals surface area contributed by atoms with Crippen molar-refractivity contribution >= 4 is 10.0 Å². The van der Waals surface area contributed by atoms with E-state index in [0.717, 1.165) is 11.1 Å². The molecule has 2 N–H and O–H groups in total. The third kappa shape index (κ3) is 3.56. The fraction of sp³-hybridized carbons (Fsp3) is 0.385. The minimum atomic E-state index is -3.62. The van der Waals surface area contributed by atoms with Crippen LogP contribution < -0.4 is 10.5 Å². The Bertz CT molecular complexity index is 567. The van der Waals surface area contributed by atoms with E-state index in [2.05, 4.69) is 6.58 Å². The first kappa shape index (κ1) is 15.7. The molecule has 0 amide bonds. The lowest BCUT2D eigenvalue weighted by molar-refractivity contribution is 0.399. The van der Waals surface area contributed by atoms with Gasteiger partial charge in [0.15, 0.2) is 0 Å². The molecule has 1 aromatic rings. The van der Waals surface area contributed by atoms with Gasteiger partial charge in [-0.05, 0) is 24.6 Å². The van der Waals surface area contributed by atoms with Gasteiger partial charge in [-0.25, -0.2) is 8.42 Å². The van der Waals surface area contributed by atoms with Crippen molar-refractivity contribution in [1.82, 2.24) is 4.31 Å². The Kier molecular flexibility index (Phi) is 5.11. The van der Waals surface area contributed by atoms with Gasteiger partial charge in [0.1, 0.15) is 10.6 Å². The molecule has 0 aliphatic rings. The van der Waals surface area contributed by atoms with Gasteiger partial charge in [-0.1, -0.05) is 18.2 Å². The SMILES string of the molecule is C=C(C)CN(C)S(=O)(=O)c1cc(CN)ccc1OC. The van der Waals surface area contributed by atoms with E-state index in [-0.39, 0.29) is 18.0 Å². The topological polar surface area (TPSA) is 72.6 Å².